The summed E-state index contributed by atoms with van der Waals surface area (Å²) < 4.78 is 8.62. The number of para-hydroxylation sites is 1. The molecule has 1 heterocycles. The van der Waals surface area contributed by atoms with Crippen LogP contribution in [0, 0.1) is 0 Å². The van der Waals surface area contributed by atoms with Crippen molar-refractivity contribution in [3.8, 4) is 11.3 Å². The van der Waals surface area contributed by atoms with Crippen LogP contribution in [-0.4, -0.2) is 45.8 Å². The van der Waals surface area contributed by atoms with Crippen molar-refractivity contribution in [2.45, 2.75) is 51.7 Å². The first-order chi connectivity index (χ1) is 18.6. The quantitative estimate of drug-likeness (QED) is 0.256. The maximum atomic E-state index is 11.1. The van der Waals surface area contributed by atoms with Gasteiger partial charge < -0.3 is 10.2 Å². The fourth-order valence-corrected chi connectivity index (χ4v) is 5.17. The summed E-state index contributed by atoms with van der Waals surface area (Å²) in [6.45, 7) is 6.54. The number of hydrogen-bond donors (Lipinski definition) is 2. The maximum absolute atomic E-state index is 11.1. The first-order valence-electron chi connectivity index (χ1n) is 13.8. The number of aliphatic hydroxyl groups is 2. The van der Waals surface area contributed by atoms with E-state index in [1.54, 1.807) is 0 Å². The van der Waals surface area contributed by atoms with Crippen LogP contribution in [0.3, 0.4) is 0 Å². The van der Waals surface area contributed by atoms with E-state index in [0.717, 1.165) is 46.5 Å². The highest BCUT2D eigenvalue weighted by Crippen LogP contribution is 2.40. The van der Waals surface area contributed by atoms with Crippen molar-refractivity contribution in [2.24, 2.45) is 0 Å². The van der Waals surface area contributed by atoms with Crippen molar-refractivity contribution in [1.82, 2.24) is 0 Å². The number of fused-ring (bicyclic) bond motifs is 1. The Morgan fingerprint density at radius 2 is 1.45 bits per heavy atom. The summed E-state index contributed by atoms with van der Waals surface area (Å²) in [7, 11) is 0. The molecule has 2 aliphatic carbocycles. The fraction of sp³-hybridized carbons (Fsp3) is 0.294. The average molecular weight is 508 g/mol. The van der Waals surface area contributed by atoms with E-state index in [0.29, 0.717) is 11.1 Å². The standard InChI is InChI=1S/C34H37NO3/c1-3-5-20-35(21-6-4-2)27-18-16-25(17-19-27)32-33(36)29(34(32)37)22-26-23-31(24-12-8-7-9-13-24)38-30-15-11-10-14-28(26)30/h7-19,22-23,33-34,36-37H,3-6,20-21H2,1-2H3/q+2. The predicted octanol–water partition coefficient (Wildman–Crippen LogP) is 6.98. The fourth-order valence-electron chi connectivity index (χ4n) is 5.17. The molecule has 3 aromatic rings. The zero-order valence-electron chi connectivity index (χ0n) is 22.3. The van der Waals surface area contributed by atoms with Gasteiger partial charge in [0.1, 0.15) is 25.3 Å². The third kappa shape index (κ3) is 5.33. The van der Waals surface area contributed by atoms with Gasteiger partial charge in [-0.25, -0.2) is 8.99 Å². The minimum absolute atomic E-state index is 0.604. The third-order valence-corrected chi connectivity index (χ3v) is 7.43. The second-order valence-electron chi connectivity index (χ2n) is 10.1. The second-order valence-corrected chi connectivity index (χ2v) is 10.1. The van der Waals surface area contributed by atoms with Gasteiger partial charge in [0.25, 0.3) is 0 Å². The Labute approximate surface area is 225 Å². The highest BCUT2D eigenvalue weighted by Gasteiger charge is 2.40. The molecular weight excluding hydrogens is 470 g/mol. The minimum atomic E-state index is -0.816. The molecule has 2 N–H and O–H groups in total. The molecule has 1 fully saturated rings. The van der Waals surface area contributed by atoms with Gasteiger partial charge in [-0.1, -0.05) is 57.0 Å². The van der Waals surface area contributed by atoms with Crippen molar-refractivity contribution in [3.05, 3.63) is 107 Å². The van der Waals surface area contributed by atoms with Gasteiger partial charge in [-0.05, 0) is 47.6 Å². The SMILES string of the molecule is CCCC[N+](CCCC)=C1C=CC(=C2C(O)C(=Cc3cc(-c4ccccc4)[o+]c4ccccc34)C2O)C=C1. The molecule has 0 spiro atoms. The van der Waals surface area contributed by atoms with Crippen LogP contribution in [0.4, 0.5) is 0 Å². The van der Waals surface area contributed by atoms with E-state index in [2.05, 4.69) is 30.6 Å². The molecule has 4 nitrogen and oxygen atoms in total. The van der Waals surface area contributed by atoms with Gasteiger partial charge in [0.15, 0.2) is 5.71 Å². The Morgan fingerprint density at radius 3 is 2.11 bits per heavy atom. The van der Waals surface area contributed by atoms with Crippen LogP contribution in [0.5, 0.6) is 0 Å². The molecule has 2 atom stereocenters. The van der Waals surface area contributed by atoms with Crippen LogP contribution in [0.25, 0.3) is 28.4 Å². The number of nitrogens with zero attached hydrogens (tertiary/aromatic N) is 1. The van der Waals surface area contributed by atoms with Gasteiger partial charge in [0, 0.05) is 42.2 Å². The van der Waals surface area contributed by atoms with Crippen molar-refractivity contribution < 1.29 is 19.2 Å². The molecule has 1 aromatic heterocycles. The first-order valence-corrected chi connectivity index (χ1v) is 13.8. The van der Waals surface area contributed by atoms with Crippen LogP contribution < -0.4 is 0 Å². The highest BCUT2D eigenvalue weighted by molar-refractivity contribution is 6.02. The molecule has 0 radical (unpaired) electrons. The number of aliphatic hydroxyl groups excluding tert-OH is 2. The lowest BCUT2D eigenvalue weighted by atomic mass is 9.75. The normalized spacial score (nSPS) is 18.7. The van der Waals surface area contributed by atoms with Crippen molar-refractivity contribution in [1.29, 1.82) is 0 Å². The van der Waals surface area contributed by atoms with E-state index in [4.69, 9.17) is 4.42 Å². The molecule has 0 amide bonds. The third-order valence-electron chi connectivity index (χ3n) is 7.43. The van der Waals surface area contributed by atoms with Gasteiger partial charge in [-0.15, -0.1) is 0 Å². The Morgan fingerprint density at radius 1 is 0.816 bits per heavy atom. The molecule has 38 heavy (non-hydrogen) atoms. The summed E-state index contributed by atoms with van der Waals surface area (Å²) in [6.07, 6.45) is 13.3. The van der Waals surface area contributed by atoms with Gasteiger partial charge in [0.05, 0.1) is 17.0 Å². The summed E-state index contributed by atoms with van der Waals surface area (Å²) in [5, 5.41) is 23.2. The monoisotopic (exact) mass is 507 g/mol. The molecular formula is C34H37NO3+2. The summed E-state index contributed by atoms with van der Waals surface area (Å²) in [6, 6.07) is 19.8. The molecule has 5 rings (SSSR count). The van der Waals surface area contributed by atoms with E-state index in [-0.39, 0.29) is 0 Å². The largest absolute Gasteiger partial charge is 0.384 e. The lowest BCUT2D eigenvalue weighted by Crippen LogP contribution is -2.41. The molecule has 194 valence electrons. The summed E-state index contributed by atoms with van der Waals surface area (Å²) in [5.41, 5.74) is 6.00. The van der Waals surface area contributed by atoms with E-state index >= 15 is 0 Å². The molecule has 0 bridgehead atoms. The zero-order chi connectivity index (χ0) is 26.5. The second kappa shape index (κ2) is 11.8. The van der Waals surface area contributed by atoms with Gasteiger partial charge in [-0.3, -0.25) is 0 Å². The van der Waals surface area contributed by atoms with Gasteiger partial charge >= 0.3 is 11.3 Å². The molecule has 0 aliphatic heterocycles. The van der Waals surface area contributed by atoms with E-state index in [1.165, 1.54) is 31.4 Å². The molecule has 4 heteroatoms. The first kappa shape index (κ1) is 26.0. The predicted molar refractivity (Wildman–Crippen MR) is 156 cm³/mol. The van der Waals surface area contributed by atoms with Crippen LogP contribution in [0.2, 0.25) is 0 Å². The van der Waals surface area contributed by atoms with E-state index in [1.807, 2.05) is 78.9 Å². The Hall–Kier alpha value is -3.60. The number of benzene rings is 2. The lowest BCUT2D eigenvalue weighted by molar-refractivity contribution is -0.527. The van der Waals surface area contributed by atoms with Crippen LogP contribution in [0.15, 0.2) is 106 Å². The van der Waals surface area contributed by atoms with Gasteiger partial charge in [-0.2, -0.15) is 0 Å². The van der Waals surface area contributed by atoms with Gasteiger partial charge in [0.2, 0.25) is 0 Å². The Bertz CT molecular complexity index is 1420. The van der Waals surface area contributed by atoms with Crippen LogP contribution >= 0.6 is 0 Å². The topological polar surface area (TPSA) is 54.8 Å². The zero-order valence-corrected chi connectivity index (χ0v) is 22.3. The maximum Gasteiger partial charge on any atom is 0.361 e. The molecule has 2 unspecified atom stereocenters. The summed E-state index contributed by atoms with van der Waals surface area (Å²) in [4.78, 5) is 0. The summed E-state index contributed by atoms with van der Waals surface area (Å²) >= 11 is 0. The summed E-state index contributed by atoms with van der Waals surface area (Å²) in [5.74, 6) is 0.745. The van der Waals surface area contributed by atoms with Crippen LogP contribution in [0.1, 0.15) is 45.1 Å². The van der Waals surface area contributed by atoms with E-state index in [9.17, 15) is 10.2 Å². The van der Waals surface area contributed by atoms with Crippen molar-refractivity contribution in [2.75, 3.05) is 13.1 Å². The van der Waals surface area contributed by atoms with Crippen molar-refractivity contribution in [3.63, 3.8) is 0 Å². The van der Waals surface area contributed by atoms with E-state index < -0.39 is 12.2 Å². The molecule has 1 saturated carbocycles. The van der Waals surface area contributed by atoms with Crippen molar-refractivity contribution >= 4 is 22.8 Å². The Balaban J connectivity index is 1.45. The Kier molecular flexibility index (Phi) is 8.11. The number of allylic oxidation sites excluding steroid dienone is 5. The molecule has 2 aliphatic rings. The lowest BCUT2D eigenvalue weighted by Gasteiger charge is -2.37. The average Bonchev–Trinajstić information content (AvgIpc) is 2.97. The molecule has 0 saturated heterocycles. The smallest absolute Gasteiger partial charge is 0.361 e. The minimum Gasteiger partial charge on any atom is -0.384 e. The number of rotatable bonds is 8. The molecule has 2 aromatic carbocycles. The van der Waals surface area contributed by atoms with Crippen LogP contribution in [-0.2, 0) is 0 Å². The number of unbranched alkanes of at least 4 members (excludes halogenated alkanes) is 2. The highest BCUT2D eigenvalue weighted by atomic mass is 16.3. The number of hydrogen-bond acceptors (Lipinski definition) is 2.